The molecule has 1 fully saturated rings. The molecule has 4 rings (SSSR count). The minimum Gasteiger partial charge on any atom is -0.333 e. The molecular weight excluding hydrogens is 457 g/mol. The largest absolute Gasteiger partial charge is 0.333 e. The van der Waals surface area contributed by atoms with E-state index in [1.54, 1.807) is 21.7 Å². The fourth-order valence-corrected chi connectivity index (χ4v) is 3.69. The van der Waals surface area contributed by atoms with E-state index in [9.17, 15) is 14.0 Å². The van der Waals surface area contributed by atoms with Gasteiger partial charge in [0.1, 0.15) is 12.4 Å². The summed E-state index contributed by atoms with van der Waals surface area (Å²) in [6.45, 7) is 5.58. The number of imidazole rings is 1. The van der Waals surface area contributed by atoms with Crippen molar-refractivity contribution in [2.24, 2.45) is 0 Å². The summed E-state index contributed by atoms with van der Waals surface area (Å²) in [5, 5.41) is 5.70. The van der Waals surface area contributed by atoms with Crippen LogP contribution in [-0.4, -0.2) is 44.5 Å². The highest BCUT2D eigenvalue weighted by Gasteiger charge is 2.35. The van der Waals surface area contributed by atoms with E-state index in [-0.39, 0.29) is 35.5 Å². The number of carbonyl (C=O) groups is 2. The second-order valence-electron chi connectivity index (χ2n) is 9.37. The van der Waals surface area contributed by atoms with Crippen LogP contribution in [0.25, 0.3) is 16.9 Å². The van der Waals surface area contributed by atoms with Crippen LogP contribution in [0.5, 0.6) is 0 Å². The van der Waals surface area contributed by atoms with Crippen molar-refractivity contribution in [3.05, 3.63) is 65.6 Å². The summed E-state index contributed by atoms with van der Waals surface area (Å²) >= 11 is 6.00. The molecule has 3 amide bonds. The molecule has 1 saturated carbocycles. The van der Waals surface area contributed by atoms with Gasteiger partial charge in [0.2, 0.25) is 11.9 Å². The zero-order valence-corrected chi connectivity index (χ0v) is 20.1. The molecule has 9 heteroatoms. The summed E-state index contributed by atoms with van der Waals surface area (Å²) in [6.07, 6.45) is 3.48. The van der Waals surface area contributed by atoms with Crippen molar-refractivity contribution in [1.82, 2.24) is 19.8 Å². The summed E-state index contributed by atoms with van der Waals surface area (Å²) in [5.74, 6) is -0.668. The number of hydrogen-bond acceptors (Lipinski definition) is 3. The number of nitrogens with zero attached hydrogens (tertiary/aromatic N) is 3. The van der Waals surface area contributed by atoms with Gasteiger partial charge in [0.05, 0.1) is 16.4 Å². The third-order valence-electron chi connectivity index (χ3n) is 5.25. The van der Waals surface area contributed by atoms with E-state index in [2.05, 4.69) is 15.6 Å². The lowest BCUT2D eigenvalue weighted by atomic mass is 10.1. The molecule has 0 unspecified atom stereocenters. The molecule has 0 saturated heterocycles. The van der Waals surface area contributed by atoms with Crippen LogP contribution in [-0.2, 0) is 4.79 Å². The molecule has 2 N–H and O–H groups in total. The fraction of sp³-hybridized carbons (Fsp3) is 0.320. The Bertz CT molecular complexity index is 1200. The summed E-state index contributed by atoms with van der Waals surface area (Å²) < 4.78 is 15.4. The Labute approximate surface area is 202 Å². The maximum absolute atomic E-state index is 13.7. The molecule has 178 valence electrons. The van der Waals surface area contributed by atoms with E-state index in [4.69, 9.17) is 11.6 Å². The van der Waals surface area contributed by atoms with E-state index in [1.165, 1.54) is 12.1 Å². The van der Waals surface area contributed by atoms with Crippen LogP contribution in [0.15, 0.2) is 54.7 Å². The monoisotopic (exact) mass is 483 g/mol. The molecule has 1 heterocycles. The Hall–Kier alpha value is -3.39. The van der Waals surface area contributed by atoms with Crippen molar-refractivity contribution in [1.29, 1.82) is 0 Å². The first kappa shape index (κ1) is 23.8. The van der Waals surface area contributed by atoms with Crippen LogP contribution < -0.4 is 10.6 Å². The number of rotatable bonds is 6. The molecule has 0 atom stereocenters. The molecule has 0 bridgehead atoms. The van der Waals surface area contributed by atoms with E-state index in [0.717, 1.165) is 18.4 Å². The number of nitrogens with one attached hydrogen (secondary N) is 2. The van der Waals surface area contributed by atoms with Gasteiger partial charge in [-0.3, -0.25) is 14.7 Å². The third kappa shape index (κ3) is 5.75. The Morgan fingerprint density at radius 2 is 1.88 bits per heavy atom. The molecule has 34 heavy (non-hydrogen) atoms. The Morgan fingerprint density at radius 3 is 2.50 bits per heavy atom. The van der Waals surface area contributed by atoms with Gasteiger partial charge < -0.3 is 10.2 Å². The van der Waals surface area contributed by atoms with Crippen LogP contribution in [0.4, 0.5) is 15.1 Å². The lowest BCUT2D eigenvalue weighted by molar-refractivity contribution is -0.117. The first-order chi connectivity index (χ1) is 16.1. The summed E-state index contributed by atoms with van der Waals surface area (Å²) in [4.78, 5) is 31.9. The topological polar surface area (TPSA) is 79.3 Å². The Balaban J connectivity index is 1.60. The maximum atomic E-state index is 13.7. The number of benzene rings is 2. The van der Waals surface area contributed by atoms with Crippen molar-refractivity contribution < 1.29 is 14.0 Å². The van der Waals surface area contributed by atoms with Gasteiger partial charge in [-0.25, -0.2) is 14.2 Å². The van der Waals surface area contributed by atoms with Crippen molar-refractivity contribution in [3.63, 3.8) is 0 Å². The minimum atomic E-state index is -0.538. The lowest BCUT2D eigenvalue weighted by Gasteiger charge is -2.28. The van der Waals surface area contributed by atoms with Gasteiger partial charge >= 0.3 is 6.03 Å². The van der Waals surface area contributed by atoms with Gasteiger partial charge in [-0.1, -0.05) is 41.9 Å². The molecule has 1 aromatic heterocycles. The highest BCUT2D eigenvalue weighted by molar-refractivity contribution is 6.30. The molecule has 0 spiro atoms. The maximum Gasteiger partial charge on any atom is 0.318 e. The van der Waals surface area contributed by atoms with E-state index in [1.807, 2.05) is 51.1 Å². The van der Waals surface area contributed by atoms with Crippen LogP contribution in [0.1, 0.15) is 33.6 Å². The Morgan fingerprint density at radius 1 is 1.18 bits per heavy atom. The SMILES string of the molecule is CC(C)(C)NC(=O)N(CC(=O)Nc1nc(-c2ccccc2)cn1-c1ccc(F)c(Cl)c1)C1CC1. The first-order valence-electron chi connectivity index (χ1n) is 11.1. The van der Waals surface area contributed by atoms with Crippen molar-refractivity contribution in [2.75, 3.05) is 11.9 Å². The predicted octanol–water partition coefficient (Wildman–Crippen LogP) is 5.24. The summed E-state index contributed by atoms with van der Waals surface area (Å²) in [6, 6.07) is 13.5. The van der Waals surface area contributed by atoms with Gasteiger partial charge in [0.25, 0.3) is 0 Å². The fourth-order valence-electron chi connectivity index (χ4n) is 3.51. The zero-order valence-electron chi connectivity index (χ0n) is 19.3. The minimum absolute atomic E-state index is 0.0384. The number of urea groups is 1. The van der Waals surface area contributed by atoms with Crippen LogP contribution in [0.3, 0.4) is 0 Å². The molecule has 1 aliphatic carbocycles. The molecule has 2 aromatic carbocycles. The average molecular weight is 484 g/mol. The quantitative estimate of drug-likeness (QED) is 0.503. The molecule has 0 aliphatic heterocycles. The molecule has 7 nitrogen and oxygen atoms in total. The molecule has 1 aliphatic rings. The molecule has 0 radical (unpaired) electrons. The predicted molar refractivity (Wildman–Crippen MR) is 131 cm³/mol. The average Bonchev–Trinajstić information content (AvgIpc) is 3.53. The third-order valence-corrected chi connectivity index (χ3v) is 5.54. The summed E-state index contributed by atoms with van der Waals surface area (Å²) in [7, 11) is 0. The van der Waals surface area contributed by atoms with E-state index >= 15 is 0 Å². The number of anilines is 1. The smallest absolute Gasteiger partial charge is 0.318 e. The lowest BCUT2D eigenvalue weighted by Crippen LogP contribution is -2.51. The standard InChI is InChI=1S/C25H27ClFN5O2/c1-25(2,3)30-24(34)32(17-9-10-17)15-22(33)29-23-28-21(16-7-5-4-6-8-16)14-31(23)18-11-12-20(27)19(26)13-18/h4-8,11-14,17H,9-10,15H2,1-3H3,(H,30,34)(H,28,29,33). The number of amides is 3. The number of hydrogen-bond donors (Lipinski definition) is 2. The van der Waals surface area contributed by atoms with Crippen molar-refractivity contribution in [3.8, 4) is 16.9 Å². The highest BCUT2D eigenvalue weighted by Crippen LogP contribution is 2.28. The van der Waals surface area contributed by atoms with Gasteiger partial charge in [-0.2, -0.15) is 0 Å². The van der Waals surface area contributed by atoms with Gasteiger partial charge in [0.15, 0.2) is 0 Å². The van der Waals surface area contributed by atoms with Crippen LogP contribution in [0, 0.1) is 5.82 Å². The van der Waals surface area contributed by atoms with Crippen molar-refractivity contribution >= 4 is 29.5 Å². The first-order valence-corrected chi connectivity index (χ1v) is 11.5. The van der Waals surface area contributed by atoms with E-state index in [0.29, 0.717) is 11.4 Å². The normalized spacial score (nSPS) is 13.4. The number of halogens is 2. The van der Waals surface area contributed by atoms with Gasteiger partial charge in [0, 0.05) is 23.3 Å². The summed E-state index contributed by atoms with van der Waals surface area (Å²) in [5.41, 5.74) is 1.61. The van der Waals surface area contributed by atoms with Gasteiger partial charge in [-0.15, -0.1) is 0 Å². The Kier molecular flexibility index (Phi) is 6.61. The van der Waals surface area contributed by atoms with Crippen LogP contribution >= 0.6 is 11.6 Å². The molecular formula is C25H27ClFN5O2. The van der Waals surface area contributed by atoms with Gasteiger partial charge in [-0.05, 0) is 51.8 Å². The zero-order chi connectivity index (χ0) is 24.5. The number of carbonyl (C=O) groups excluding carboxylic acids is 2. The van der Waals surface area contributed by atoms with E-state index < -0.39 is 11.4 Å². The second-order valence-corrected chi connectivity index (χ2v) is 9.78. The highest BCUT2D eigenvalue weighted by atomic mass is 35.5. The number of aromatic nitrogens is 2. The second kappa shape index (κ2) is 9.46. The molecule has 3 aromatic rings. The van der Waals surface area contributed by atoms with Crippen molar-refractivity contribution in [2.45, 2.75) is 45.2 Å². The van der Waals surface area contributed by atoms with Crippen LogP contribution in [0.2, 0.25) is 5.02 Å².